The van der Waals surface area contributed by atoms with Crippen LogP contribution in [0.2, 0.25) is 0 Å². The van der Waals surface area contributed by atoms with E-state index in [0.717, 1.165) is 18.8 Å². The Balaban J connectivity index is 1.54. The van der Waals surface area contributed by atoms with Gasteiger partial charge in [0.05, 0.1) is 6.54 Å². The van der Waals surface area contributed by atoms with Gasteiger partial charge in [0.2, 0.25) is 0 Å². The lowest BCUT2D eigenvalue weighted by Crippen LogP contribution is -2.48. The van der Waals surface area contributed by atoms with Crippen molar-refractivity contribution < 1.29 is 4.79 Å². The number of likely N-dealkylation sites (N-methyl/N-ethyl adjacent to an activating group) is 1. The maximum Gasteiger partial charge on any atom is 0.317 e. The van der Waals surface area contributed by atoms with Gasteiger partial charge in [0.1, 0.15) is 6.33 Å². The SMILES string of the molecule is CN(C)C(CNC(=O)N1CCn2cnnc2C1)Cc1ccccc1. The minimum absolute atomic E-state index is 0.0378. The zero-order chi connectivity index (χ0) is 16.9. The summed E-state index contributed by atoms with van der Waals surface area (Å²) in [4.78, 5) is 16.4. The second kappa shape index (κ2) is 7.44. The van der Waals surface area contributed by atoms with Crippen LogP contribution in [-0.4, -0.2) is 63.8 Å². The van der Waals surface area contributed by atoms with Gasteiger partial charge in [-0.3, -0.25) is 0 Å². The van der Waals surface area contributed by atoms with Gasteiger partial charge in [-0.15, -0.1) is 10.2 Å². The molecule has 1 aliphatic heterocycles. The Morgan fingerprint density at radius 3 is 2.83 bits per heavy atom. The van der Waals surface area contributed by atoms with Gasteiger partial charge in [0, 0.05) is 25.7 Å². The van der Waals surface area contributed by atoms with Gasteiger partial charge in [0.15, 0.2) is 5.82 Å². The molecule has 2 aromatic rings. The van der Waals surface area contributed by atoms with E-state index in [2.05, 4.69) is 32.5 Å². The second-order valence-corrected chi connectivity index (χ2v) is 6.36. The molecule has 7 heteroatoms. The first-order valence-corrected chi connectivity index (χ1v) is 8.23. The molecular weight excluding hydrogens is 304 g/mol. The average molecular weight is 328 g/mol. The van der Waals surface area contributed by atoms with Crippen LogP contribution in [0.5, 0.6) is 0 Å². The van der Waals surface area contributed by atoms with E-state index >= 15 is 0 Å². The first-order chi connectivity index (χ1) is 11.6. The standard InChI is InChI=1S/C17H24N6O/c1-21(2)15(10-14-6-4-3-5-7-14)11-18-17(24)22-8-9-23-13-19-20-16(23)12-22/h3-7,13,15H,8-12H2,1-2H3,(H,18,24). The summed E-state index contributed by atoms with van der Waals surface area (Å²) < 4.78 is 1.99. The number of nitrogens with zero attached hydrogens (tertiary/aromatic N) is 5. The van der Waals surface area contributed by atoms with Crippen LogP contribution in [0.15, 0.2) is 36.7 Å². The van der Waals surface area contributed by atoms with Crippen LogP contribution >= 0.6 is 0 Å². The van der Waals surface area contributed by atoms with Crippen LogP contribution in [0.3, 0.4) is 0 Å². The topological polar surface area (TPSA) is 66.3 Å². The molecule has 0 saturated carbocycles. The quantitative estimate of drug-likeness (QED) is 0.888. The molecule has 0 bridgehead atoms. The molecule has 0 spiro atoms. The van der Waals surface area contributed by atoms with E-state index in [1.165, 1.54) is 5.56 Å². The monoisotopic (exact) mass is 328 g/mol. The summed E-state index contributed by atoms with van der Waals surface area (Å²) >= 11 is 0. The molecule has 1 atom stereocenters. The predicted molar refractivity (Wildman–Crippen MR) is 91.5 cm³/mol. The summed E-state index contributed by atoms with van der Waals surface area (Å²) in [6, 6.07) is 10.6. The Labute approximate surface area is 142 Å². The molecular formula is C17H24N6O. The first kappa shape index (κ1) is 16.4. The van der Waals surface area contributed by atoms with Crippen LogP contribution in [0.1, 0.15) is 11.4 Å². The third-order valence-electron chi connectivity index (χ3n) is 4.46. The van der Waals surface area contributed by atoms with Crippen LogP contribution in [0, 0.1) is 0 Å². The van der Waals surface area contributed by atoms with Gasteiger partial charge in [-0.2, -0.15) is 0 Å². The third-order valence-corrected chi connectivity index (χ3v) is 4.46. The molecule has 0 aliphatic carbocycles. The fourth-order valence-electron chi connectivity index (χ4n) is 2.88. The van der Waals surface area contributed by atoms with Gasteiger partial charge in [-0.05, 0) is 26.1 Å². The van der Waals surface area contributed by atoms with Crippen molar-refractivity contribution in [3.63, 3.8) is 0 Å². The lowest BCUT2D eigenvalue weighted by atomic mass is 10.1. The summed E-state index contributed by atoms with van der Waals surface area (Å²) in [6.07, 6.45) is 2.62. The number of amides is 2. The highest BCUT2D eigenvalue weighted by molar-refractivity contribution is 5.74. The molecule has 0 fully saturated rings. The fraction of sp³-hybridized carbons (Fsp3) is 0.471. The number of carbonyl (C=O) groups excluding carboxylic acids is 1. The number of hydrogen-bond donors (Lipinski definition) is 1. The summed E-state index contributed by atoms with van der Waals surface area (Å²) in [5.74, 6) is 0.838. The zero-order valence-electron chi connectivity index (χ0n) is 14.2. The van der Waals surface area contributed by atoms with Crippen molar-refractivity contribution in [3.05, 3.63) is 48.0 Å². The molecule has 2 amide bonds. The normalized spacial score (nSPS) is 15.2. The Morgan fingerprint density at radius 1 is 1.29 bits per heavy atom. The Morgan fingerprint density at radius 2 is 2.08 bits per heavy atom. The molecule has 1 aromatic carbocycles. The van der Waals surface area contributed by atoms with Crippen molar-refractivity contribution in [2.75, 3.05) is 27.2 Å². The van der Waals surface area contributed by atoms with Gasteiger partial charge >= 0.3 is 6.03 Å². The van der Waals surface area contributed by atoms with Crippen molar-refractivity contribution in [2.45, 2.75) is 25.6 Å². The highest BCUT2D eigenvalue weighted by atomic mass is 16.2. The molecule has 1 unspecified atom stereocenters. The number of fused-ring (bicyclic) bond motifs is 1. The summed E-state index contributed by atoms with van der Waals surface area (Å²) in [5, 5.41) is 11.0. The molecule has 0 saturated heterocycles. The van der Waals surface area contributed by atoms with Gasteiger partial charge in [-0.1, -0.05) is 30.3 Å². The average Bonchev–Trinajstić information content (AvgIpc) is 3.06. The van der Waals surface area contributed by atoms with Crippen molar-refractivity contribution in [2.24, 2.45) is 0 Å². The van der Waals surface area contributed by atoms with E-state index in [9.17, 15) is 4.79 Å². The minimum Gasteiger partial charge on any atom is -0.336 e. The Bertz CT molecular complexity index is 669. The number of carbonyl (C=O) groups is 1. The largest absolute Gasteiger partial charge is 0.336 e. The molecule has 1 aromatic heterocycles. The van der Waals surface area contributed by atoms with Crippen LogP contribution < -0.4 is 5.32 Å². The highest BCUT2D eigenvalue weighted by Crippen LogP contribution is 2.10. The van der Waals surface area contributed by atoms with E-state index in [-0.39, 0.29) is 12.1 Å². The maximum atomic E-state index is 12.4. The summed E-state index contributed by atoms with van der Waals surface area (Å²) in [5.41, 5.74) is 1.27. The third kappa shape index (κ3) is 3.91. The maximum absolute atomic E-state index is 12.4. The smallest absolute Gasteiger partial charge is 0.317 e. The molecule has 24 heavy (non-hydrogen) atoms. The van der Waals surface area contributed by atoms with E-state index in [1.54, 1.807) is 11.2 Å². The Hall–Kier alpha value is -2.41. The van der Waals surface area contributed by atoms with Crippen molar-refractivity contribution in [1.82, 2.24) is 29.9 Å². The number of hydrogen-bond acceptors (Lipinski definition) is 4. The molecule has 128 valence electrons. The number of benzene rings is 1. The van der Waals surface area contributed by atoms with Crippen molar-refractivity contribution in [1.29, 1.82) is 0 Å². The minimum atomic E-state index is -0.0378. The van der Waals surface area contributed by atoms with Crippen LogP contribution in [0.4, 0.5) is 4.79 Å². The first-order valence-electron chi connectivity index (χ1n) is 8.23. The second-order valence-electron chi connectivity index (χ2n) is 6.36. The van der Waals surface area contributed by atoms with Crippen LogP contribution in [0.25, 0.3) is 0 Å². The number of aromatic nitrogens is 3. The van der Waals surface area contributed by atoms with Gasteiger partial charge < -0.3 is 19.7 Å². The molecule has 2 heterocycles. The van der Waals surface area contributed by atoms with E-state index in [4.69, 9.17) is 0 Å². The molecule has 0 radical (unpaired) electrons. The lowest BCUT2D eigenvalue weighted by molar-refractivity contribution is 0.177. The molecule has 3 rings (SSSR count). The molecule has 7 nitrogen and oxygen atoms in total. The molecule has 1 aliphatic rings. The summed E-state index contributed by atoms with van der Waals surface area (Å²) in [7, 11) is 4.09. The Kier molecular flexibility index (Phi) is 5.10. The zero-order valence-corrected chi connectivity index (χ0v) is 14.2. The molecule has 1 N–H and O–H groups in total. The van der Waals surface area contributed by atoms with E-state index < -0.39 is 0 Å². The van der Waals surface area contributed by atoms with Crippen molar-refractivity contribution in [3.8, 4) is 0 Å². The summed E-state index contributed by atoms with van der Waals surface area (Å²) in [6.45, 7) is 2.56. The van der Waals surface area contributed by atoms with Crippen LogP contribution in [-0.2, 0) is 19.5 Å². The number of rotatable bonds is 5. The number of urea groups is 1. The van der Waals surface area contributed by atoms with E-state index in [1.807, 2.05) is 36.9 Å². The highest BCUT2D eigenvalue weighted by Gasteiger charge is 2.22. The predicted octanol–water partition coefficient (Wildman–Crippen LogP) is 0.976. The van der Waals surface area contributed by atoms with Gasteiger partial charge in [0.25, 0.3) is 0 Å². The van der Waals surface area contributed by atoms with Gasteiger partial charge in [-0.25, -0.2) is 4.79 Å². The fourth-order valence-corrected chi connectivity index (χ4v) is 2.88. The van der Waals surface area contributed by atoms with Crippen molar-refractivity contribution >= 4 is 6.03 Å². The lowest BCUT2D eigenvalue weighted by Gasteiger charge is -2.29. The van der Waals surface area contributed by atoms with E-state index in [0.29, 0.717) is 19.6 Å². The number of nitrogens with one attached hydrogen (secondary N) is 1.